The minimum absolute atomic E-state index is 0.165. The molecule has 1 aromatic heterocycles. The second-order valence-corrected chi connectivity index (χ2v) is 5.13. The van der Waals surface area contributed by atoms with Gasteiger partial charge in [-0.15, -0.1) is 10.2 Å². The number of hydrogen-bond acceptors (Lipinski definition) is 6. The van der Waals surface area contributed by atoms with E-state index in [1.807, 2.05) is 19.2 Å². The number of carbonyl (C=O) groups is 1. The minimum atomic E-state index is -0.393. The Morgan fingerprint density at radius 3 is 2.62 bits per heavy atom. The highest BCUT2D eigenvalue weighted by Crippen LogP contribution is 2.32. The third-order valence-electron chi connectivity index (χ3n) is 2.82. The van der Waals surface area contributed by atoms with Gasteiger partial charge in [0.2, 0.25) is 5.91 Å². The van der Waals surface area contributed by atoms with Gasteiger partial charge >= 0.3 is 0 Å². The lowest BCUT2D eigenvalue weighted by Gasteiger charge is -2.09. The van der Waals surface area contributed by atoms with E-state index in [1.54, 1.807) is 24.9 Å². The number of methoxy groups -OCH3 is 2. The van der Waals surface area contributed by atoms with E-state index in [4.69, 9.17) is 15.2 Å². The molecule has 7 nitrogen and oxygen atoms in total. The van der Waals surface area contributed by atoms with Crippen LogP contribution in [0.1, 0.15) is 0 Å². The second kappa shape index (κ2) is 6.49. The van der Waals surface area contributed by atoms with Crippen LogP contribution in [-0.2, 0) is 11.8 Å². The monoisotopic (exact) mass is 308 g/mol. The van der Waals surface area contributed by atoms with Gasteiger partial charge in [0.05, 0.1) is 20.0 Å². The lowest BCUT2D eigenvalue weighted by Crippen LogP contribution is -2.13. The van der Waals surface area contributed by atoms with Crippen LogP contribution in [0.5, 0.6) is 11.5 Å². The summed E-state index contributed by atoms with van der Waals surface area (Å²) in [6, 6.07) is 5.50. The normalized spacial score (nSPS) is 10.4. The Morgan fingerprint density at radius 2 is 2.00 bits per heavy atom. The van der Waals surface area contributed by atoms with Gasteiger partial charge < -0.3 is 19.8 Å². The Morgan fingerprint density at radius 1 is 1.29 bits per heavy atom. The standard InChI is InChI=1S/C13H16N4O3S/c1-17-12(15-16-13(17)21-7-11(14)18)8-4-5-9(19-2)10(6-8)20-3/h4-6H,7H2,1-3H3,(H2,14,18). The predicted octanol–water partition coefficient (Wildman–Crippen LogP) is 1.08. The van der Waals surface area contributed by atoms with E-state index in [2.05, 4.69) is 10.2 Å². The molecule has 0 aliphatic heterocycles. The number of aromatic nitrogens is 3. The van der Waals surface area contributed by atoms with Crippen LogP contribution >= 0.6 is 11.8 Å². The molecule has 0 saturated carbocycles. The molecule has 0 atom stereocenters. The number of hydrogen-bond donors (Lipinski definition) is 1. The predicted molar refractivity (Wildman–Crippen MR) is 79.5 cm³/mol. The van der Waals surface area contributed by atoms with Crippen molar-refractivity contribution in [1.82, 2.24) is 14.8 Å². The fourth-order valence-corrected chi connectivity index (χ4v) is 2.45. The molecule has 1 heterocycles. The molecule has 0 radical (unpaired) electrons. The molecule has 0 aliphatic rings. The molecule has 1 aromatic carbocycles. The third-order valence-corrected chi connectivity index (χ3v) is 3.86. The van der Waals surface area contributed by atoms with Crippen LogP contribution in [0.25, 0.3) is 11.4 Å². The molecule has 2 N–H and O–H groups in total. The first-order chi connectivity index (χ1) is 10.1. The summed E-state index contributed by atoms with van der Waals surface area (Å²) in [5, 5.41) is 8.82. The molecule has 0 unspecified atom stereocenters. The SMILES string of the molecule is COc1ccc(-c2nnc(SCC(N)=O)n2C)cc1OC. The van der Waals surface area contributed by atoms with Crippen molar-refractivity contribution in [3.05, 3.63) is 18.2 Å². The molecule has 2 aromatic rings. The van der Waals surface area contributed by atoms with Crippen molar-refractivity contribution in [3.8, 4) is 22.9 Å². The van der Waals surface area contributed by atoms with Gasteiger partial charge in [0.25, 0.3) is 0 Å². The first kappa shape index (κ1) is 15.2. The summed E-state index contributed by atoms with van der Waals surface area (Å²) < 4.78 is 12.3. The lowest BCUT2D eigenvalue weighted by atomic mass is 10.2. The summed E-state index contributed by atoms with van der Waals surface area (Å²) in [6.07, 6.45) is 0. The van der Waals surface area contributed by atoms with E-state index in [1.165, 1.54) is 11.8 Å². The first-order valence-corrected chi connectivity index (χ1v) is 7.08. The van der Waals surface area contributed by atoms with Crippen LogP contribution in [0.4, 0.5) is 0 Å². The van der Waals surface area contributed by atoms with Gasteiger partial charge in [0.15, 0.2) is 22.5 Å². The Balaban J connectivity index is 2.32. The molecule has 0 fully saturated rings. The fraction of sp³-hybridized carbons (Fsp3) is 0.308. The zero-order valence-electron chi connectivity index (χ0n) is 12.0. The number of nitrogens with zero attached hydrogens (tertiary/aromatic N) is 3. The second-order valence-electron chi connectivity index (χ2n) is 4.19. The molecular formula is C13H16N4O3S. The van der Waals surface area contributed by atoms with Gasteiger partial charge in [-0.1, -0.05) is 11.8 Å². The van der Waals surface area contributed by atoms with E-state index in [0.29, 0.717) is 22.5 Å². The lowest BCUT2D eigenvalue weighted by molar-refractivity contribution is -0.115. The summed E-state index contributed by atoms with van der Waals surface area (Å²) in [7, 11) is 4.99. The van der Waals surface area contributed by atoms with E-state index in [-0.39, 0.29) is 5.75 Å². The van der Waals surface area contributed by atoms with Crippen LogP contribution < -0.4 is 15.2 Å². The molecule has 0 bridgehead atoms. The summed E-state index contributed by atoms with van der Waals surface area (Å²) in [6.45, 7) is 0. The van der Waals surface area contributed by atoms with E-state index >= 15 is 0 Å². The zero-order valence-corrected chi connectivity index (χ0v) is 12.8. The average molecular weight is 308 g/mol. The van der Waals surface area contributed by atoms with Gasteiger partial charge in [-0.2, -0.15) is 0 Å². The molecule has 2 rings (SSSR count). The molecular weight excluding hydrogens is 292 g/mol. The van der Waals surface area contributed by atoms with Crippen molar-refractivity contribution >= 4 is 17.7 Å². The van der Waals surface area contributed by atoms with E-state index in [9.17, 15) is 4.79 Å². The maximum absolute atomic E-state index is 10.8. The molecule has 112 valence electrons. The summed E-state index contributed by atoms with van der Waals surface area (Å²) in [5.41, 5.74) is 5.97. The van der Waals surface area contributed by atoms with Gasteiger partial charge in [-0.25, -0.2) is 0 Å². The molecule has 21 heavy (non-hydrogen) atoms. The topological polar surface area (TPSA) is 92.3 Å². The smallest absolute Gasteiger partial charge is 0.227 e. The highest BCUT2D eigenvalue weighted by atomic mass is 32.2. The van der Waals surface area contributed by atoms with Crippen LogP contribution in [0, 0.1) is 0 Å². The van der Waals surface area contributed by atoms with Crippen LogP contribution in [0.3, 0.4) is 0 Å². The maximum Gasteiger partial charge on any atom is 0.227 e. The summed E-state index contributed by atoms with van der Waals surface area (Å²) in [4.78, 5) is 10.8. The first-order valence-electron chi connectivity index (χ1n) is 6.09. The van der Waals surface area contributed by atoms with Crippen molar-refractivity contribution in [2.24, 2.45) is 12.8 Å². The fourth-order valence-electron chi connectivity index (χ4n) is 1.80. The Labute approximate surface area is 126 Å². The summed E-state index contributed by atoms with van der Waals surface area (Å²) >= 11 is 1.25. The quantitative estimate of drug-likeness (QED) is 0.803. The van der Waals surface area contributed by atoms with Crippen molar-refractivity contribution in [2.45, 2.75) is 5.16 Å². The molecule has 0 spiro atoms. The van der Waals surface area contributed by atoms with Gasteiger partial charge in [0, 0.05) is 12.6 Å². The number of ether oxygens (including phenoxy) is 2. The minimum Gasteiger partial charge on any atom is -0.493 e. The number of benzene rings is 1. The highest BCUT2D eigenvalue weighted by Gasteiger charge is 2.14. The number of nitrogens with two attached hydrogens (primary N) is 1. The number of carbonyl (C=O) groups excluding carboxylic acids is 1. The Bertz CT molecular complexity index is 657. The number of amides is 1. The number of thioether (sulfide) groups is 1. The van der Waals surface area contributed by atoms with Gasteiger partial charge in [-0.05, 0) is 18.2 Å². The van der Waals surface area contributed by atoms with Crippen molar-refractivity contribution in [2.75, 3.05) is 20.0 Å². The van der Waals surface area contributed by atoms with Crippen LogP contribution in [0.15, 0.2) is 23.4 Å². The Hall–Kier alpha value is -2.22. The number of primary amides is 1. The van der Waals surface area contributed by atoms with Crippen LogP contribution in [0.2, 0.25) is 0 Å². The molecule has 1 amide bonds. The maximum atomic E-state index is 10.8. The van der Waals surface area contributed by atoms with Crippen molar-refractivity contribution in [1.29, 1.82) is 0 Å². The Kier molecular flexibility index (Phi) is 4.69. The largest absolute Gasteiger partial charge is 0.493 e. The van der Waals surface area contributed by atoms with Gasteiger partial charge in [-0.3, -0.25) is 4.79 Å². The number of rotatable bonds is 6. The van der Waals surface area contributed by atoms with Crippen LogP contribution in [-0.4, -0.2) is 40.6 Å². The highest BCUT2D eigenvalue weighted by molar-refractivity contribution is 7.99. The van der Waals surface area contributed by atoms with Crippen molar-refractivity contribution in [3.63, 3.8) is 0 Å². The van der Waals surface area contributed by atoms with Crippen molar-refractivity contribution < 1.29 is 14.3 Å². The van der Waals surface area contributed by atoms with E-state index < -0.39 is 5.91 Å². The summed E-state index contributed by atoms with van der Waals surface area (Å²) in [5.74, 6) is 1.70. The molecule has 0 aliphatic carbocycles. The third kappa shape index (κ3) is 3.27. The zero-order chi connectivity index (χ0) is 15.4. The van der Waals surface area contributed by atoms with E-state index in [0.717, 1.165) is 5.56 Å². The molecule has 0 saturated heterocycles. The molecule has 8 heteroatoms. The van der Waals surface area contributed by atoms with Gasteiger partial charge in [0.1, 0.15) is 0 Å². The average Bonchev–Trinajstić information content (AvgIpc) is 2.85.